The Hall–Kier alpha value is -1.20. The fourth-order valence-electron chi connectivity index (χ4n) is 2.06. The van der Waals surface area contributed by atoms with E-state index in [1.807, 2.05) is 42.5 Å². The standard InChI is InChI=1S/C16H15IO2/c1-19-10-9-12-3-2-4-15(16(12)11-18)13-5-7-14(17)8-6-13/h2-8,11H,9-10H2,1H3. The molecule has 2 aromatic carbocycles. The second-order valence-corrected chi connectivity index (χ2v) is 5.49. The summed E-state index contributed by atoms with van der Waals surface area (Å²) in [5.41, 5.74) is 3.86. The Bertz CT molecular complexity index is 561. The highest BCUT2D eigenvalue weighted by Gasteiger charge is 2.09. The van der Waals surface area contributed by atoms with Crippen LogP contribution in [0.4, 0.5) is 0 Å². The Labute approximate surface area is 126 Å². The van der Waals surface area contributed by atoms with Gasteiger partial charge in [-0.2, -0.15) is 0 Å². The van der Waals surface area contributed by atoms with Gasteiger partial charge in [0, 0.05) is 16.2 Å². The van der Waals surface area contributed by atoms with E-state index >= 15 is 0 Å². The molecule has 0 radical (unpaired) electrons. The van der Waals surface area contributed by atoms with Gasteiger partial charge < -0.3 is 4.74 Å². The molecule has 0 aliphatic carbocycles. The van der Waals surface area contributed by atoms with Crippen molar-refractivity contribution < 1.29 is 9.53 Å². The van der Waals surface area contributed by atoms with Crippen molar-refractivity contribution in [3.05, 3.63) is 57.2 Å². The monoisotopic (exact) mass is 366 g/mol. The summed E-state index contributed by atoms with van der Waals surface area (Å²) in [6.07, 6.45) is 1.70. The van der Waals surface area contributed by atoms with Crippen LogP contribution in [-0.4, -0.2) is 20.0 Å². The largest absolute Gasteiger partial charge is 0.384 e. The second-order valence-electron chi connectivity index (χ2n) is 4.25. The molecule has 0 aliphatic rings. The number of rotatable bonds is 5. The van der Waals surface area contributed by atoms with Crippen molar-refractivity contribution in [1.82, 2.24) is 0 Å². The molecule has 0 N–H and O–H groups in total. The molecule has 0 spiro atoms. The molecule has 0 saturated heterocycles. The third-order valence-electron chi connectivity index (χ3n) is 3.05. The van der Waals surface area contributed by atoms with Crippen LogP contribution in [0.25, 0.3) is 11.1 Å². The normalized spacial score (nSPS) is 10.4. The molecule has 0 heterocycles. The Morgan fingerprint density at radius 2 is 1.89 bits per heavy atom. The summed E-state index contributed by atoms with van der Waals surface area (Å²) >= 11 is 2.27. The van der Waals surface area contributed by atoms with Gasteiger partial charge in [0.25, 0.3) is 0 Å². The van der Waals surface area contributed by atoms with Gasteiger partial charge in [-0.1, -0.05) is 30.3 Å². The fourth-order valence-corrected chi connectivity index (χ4v) is 2.42. The van der Waals surface area contributed by atoms with Crippen LogP contribution in [0, 0.1) is 3.57 Å². The molecule has 3 heteroatoms. The number of halogens is 1. The van der Waals surface area contributed by atoms with Crippen LogP contribution < -0.4 is 0 Å². The first-order chi connectivity index (χ1) is 9.26. The summed E-state index contributed by atoms with van der Waals surface area (Å²) in [5, 5.41) is 0. The van der Waals surface area contributed by atoms with E-state index in [1.54, 1.807) is 7.11 Å². The summed E-state index contributed by atoms with van der Waals surface area (Å²) in [5.74, 6) is 0. The highest BCUT2D eigenvalue weighted by molar-refractivity contribution is 14.1. The van der Waals surface area contributed by atoms with Crippen molar-refractivity contribution in [3.8, 4) is 11.1 Å². The molecule has 19 heavy (non-hydrogen) atoms. The summed E-state index contributed by atoms with van der Waals surface area (Å²) < 4.78 is 6.27. The number of carbonyl (C=O) groups excluding carboxylic acids is 1. The lowest BCUT2D eigenvalue weighted by Gasteiger charge is -2.10. The van der Waals surface area contributed by atoms with E-state index in [-0.39, 0.29) is 0 Å². The lowest BCUT2D eigenvalue weighted by atomic mass is 9.95. The zero-order chi connectivity index (χ0) is 13.7. The maximum atomic E-state index is 11.4. The van der Waals surface area contributed by atoms with Crippen LogP contribution in [0.3, 0.4) is 0 Å². The smallest absolute Gasteiger partial charge is 0.150 e. The molecule has 0 unspecified atom stereocenters. The first-order valence-electron chi connectivity index (χ1n) is 6.08. The van der Waals surface area contributed by atoms with Gasteiger partial charge in [-0.25, -0.2) is 0 Å². The zero-order valence-electron chi connectivity index (χ0n) is 10.7. The molecule has 0 aliphatic heterocycles. The number of ether oxygens (including phenoxy) is 1. The summed E-state index contributed by atoms with van der Waals surface area (Å²) in [7, 11) is 1.67. The predicted molar refractivity (Wildman–Crippen MR) is 85.6 cm³/mol. The van der Waals surface area contributed by atoms with Gasteiger partial charge in [0.15, 0.2) is 6.29 Å². The fraction of sp³-hybridized carbons (Fsp3) is 0.188. The van der Waals surface area contributed by atoms with E-state index < -0.39 is 0 Å². The van der Waals surface area contributed by atoms with Gasteiger partial charge in [0.05, 0.1) is 6.61 Å². The molecular weight excluding hydrogens is 351 g/mol. The van der Waals surface area contributed by atoms with E-state index in [9.17, 15) is 4.79 Å². The van der Waals surface area contributed by atoms with Gasteiger partial charge in [0.2, 0.25) is 0 Å². The lowest BCUT2D eigenvalue weighted by molar-refractivity contribution is 0.112. The van der Waals surface area contributed by atoms with E-state index in [0.717, 1.165) is 35.0 Å². The van der Waals surface area contributed by atoms with Gasteiger partial charge in [0.1, 0.15) is 0 Å². The number of hydrogen-bond acceptors (Lipinski definition) is 2. The van der Waals surface area contributed by atoms with E-state index in [4.69, 9.17) is 4.74 Å². The van der Waals surface area contributed by atoms with E-state index in [2.05, 4.69) is 22.6 Å². The highest BCUT2D eigenvalue weighted by atomic mass is 127. The van der Waals surface area contributed by atoms with Crippen LogP contribution in [0.5, 0.6) is 0 Å². The minimum absolute atomic E-state index is 0.622. The maximum absolute atomic E-state index is 11.4. The molecule has 0 aromatic heterocycles. The number of benzene rings is 2. The molecule has 2 aromatic rings. The third-order valence-corrected chi connectivity index (χ3v) is 3.76. The van der Waals surface area contributed by atoms with Crippen LogP contribution in [-0.2, 0) is 11.2 Å². The molecule has 2 rings (SSSR count). The highest BCUT2D eigenvalue weighted by Crippen LogP contribution is 2.26. The van der Waals surface area contributed by atoms with Crippen molar-refractivity contribution in [1.29, 1.82) is 0 Å². The number of hydrogen-bond donors (Lipinski definition) is 0. The van der Waals surface area contributed by atoms with Crippen LogP contribution in [0.15, 0.2) is 42.5 Å². The Kier molecular flexibility index (Phi) is 5.10. The minimum atomic E-state index is 0.622. The first-order valence-corrected chi connectivity index (χ1v) is 7.16. The van der Waals surface area contributed by atoms with Gasteiger partial charge in [-0.15, -0.1) is 0 Å². The molecule has 2 nitrogen and oxygen atoms in total. The quantitative estimate of drug-likeness (QED) is 0.592. The third kappa shape index (κ3) is 3.42. The molecule has 0 fully saturated rings. The van der Waals surface area contributed by atoms with E-state index in [0.29, 0.717) is 6.61 Å². The van der Waals surface area contributed by atoms with E-state index in [1.165, 1.54) is 3.57 Å². The Morgan fingerprint density at radius 3 is 2.53 bits per heavy atom. The van der Waals surface area contributed by atoms with Gasteiger partial charge >= 0.3 is 0 Å². The molecule has 98 valence electrons. The predicted octanol–water partition coefficient (Wildman–Crippen LogP) is 3.96. The van der Waals surface area contributed by atoms with Crippen molar-refractivity contribution in [2.45, 2.75) is 6.42 Å². The molecule has 0 saturated carbocycles. The van der Waals surface area contributed by atoms with Crippen LogP contribution in [0.1, 0.15) is 15.9 Å². The SMILES string of the molecule is COCCc1cccc(-c2ccc(I)cc2)c1C=O. The van der Waals surface area contributed by atoms with Crippen LogP contribution in [0.2, 0.25) is 0 Å². The van der Waals surface area contributed by atoms with Crippen molar-refractivity contribution in [2.24, 2.45) is 0 Å². The molecule has 0 atom stereocenters. The van der Waals surface area contributed by atoms with Crippen molar-refractivity contribution in [3.63, 3.8) is 0 Å². The number of carbonyl (C=O) groups is 1. The molecule has 0 bridgehead atoms. The van der Waals surface area contributed by atoms with Gasteiger partial charge in [-0.05, 0) is 57.8 Å². The average Bonchev–Trinajstić information content (AvgIpc) is 2.45. The lowest BCUT2D eigenvalue weighted by Crippen LogP contribution is -2.00. The second kappa shape index (κ2) is 6.82. The molecular formula is C16H15IO2. The minimum Gasteiger partial charge on any atom is -0.384 e. The topological polar surface area (TPSA) is 26.3 Å². The Morgan fingerprint density at radius 1 is 1.16 bits per heavy atom. The van der Waals surface area contributed by atoms with Crippen LogP contribution >= 0.6 is 22.6 Å². The number of aldehydes is 1. The van der Waals surface area contributed by atoms with Crippen molar-refractivity contribution >= 4 is 28.9 Å². The summed E-state index contributed by atoms with van der Waals surface area (Å²) in [6, 6.07) is 14.2. The van der Waals surface area contributed by atoms with Crippen molar-refractivity contribution in [2.75, 3.05) is 13.7 Å². The maximum Gasteiger partial charge on any atom is 0.150 e. The summed E-state index contributed by atoms with van der Waals surface area (Å²) in [6.45, 7) is 0.622. The number of methoxy groups -OCH3 is 1. The molecule has 0 amide bonds. The zero-order valence-corrected chi connectivity index (χ0v) is 12.9. The average molecular weight is 366 g/mol. The Balaban J connectivity index is 2.45. The van der Waals surface area contributed by atoms with Gasteiger partial charge in [-0.3, -0.25) is 4.79 Å². The summed E-state index contributed by atoms with van der Waals surface area (Å²) in [4.78, 5) is 11.4. The first kappa shape index (κ1) is 14.2.